The molecule has 0 fully saturated rings. The monoisotopic (exact) mass is 253 g/mol. The highest BCUT2D eigenvalue weighted by atomic mass is 32.2. The van der Waals surface area contributed by atoms with Crippen molar-refractivity contribution in [3.05, 3.63) is 30.2 Å². The smallest absolute Gasteiger partial charge is 0.269 e. The van der Waals surface area contributed by atoms with Crippen LogP contribution in [0.5, 0.6) is 0 Å². The van der Waals surface area contributed by atoms with Gasteiger partial charge in [-0.2, -0.15) is 8.42 Å². The number of nitrogens with one attached hydrogen (secondary N) is 1. The largest absolute Gasteiger partial charge is 0.283 e. The van der Waals surface area contributed by atoms with Crippen LogP contribution in [0.2, 0.25) is 0 Å². The van der Waals surface area contributed by atoms with E-state index in [4.69, 9.17) is 0 Å². The molecule has 6 nitrogen and oxygen atoms in total. The molecule has 7 heteroatoms. The standard InChI is InChI=1S/C10H11N3O3S/c14-10(8-3-1-2-4-8)13-17(15,16)9-7-11-5-6-12-9/h3,5-7H,1-2,4H2,(H,13,14). The van der Waals surface area contributed by atoms with Crippen LogP contribution < -0.4 is 4.72 Å². The third-order valence-electron chi connectivity index (χ3n) is 2.37. The van der Waals surface area contributed by atoms with Crippen molar-refractivity contribution in [2.75, 3.05) is 0 Å². The summed E-state index contributed by atoms with van der Waals surface area (Å²) in [4.78, 5) is 18.9. The fourth-order valence-corrected chi connectivity index (χ4v) is 2.42. The van der Waals surface area contributed by atoms with Crippen LogP contribution in [0.15, 0.2) is 35.3 Å². The van der Waals surface area contributed by atoms with Crippen molar-refractivity contribution in [1.82, 2.24) is 14.7 Å². The highest BCUT2D eigenvalue weighted by Gasteiger charge is 2.22. The number of carbonyl (C=O) groups excluding carboxylic acids is 1. The third-order valence-corrected chi connectivity index (χ3v) is 3.59. The van der Waals surface area contributed by atoms with Crippen molar-refractivity contribution < 1.29 is 13.2 Å². The second-order valence-electron chi connectivity index (χ2n) is 3.60. The molecule has 17 heavy (non-hydrogen) atoms. The summed E-state index contributed by atoms with van der Waals surface area (Å²) in [6, 6.07) is 0. The van der Waals surface area contributed by atoms with E-state index in [1.807, 2.05) is 4.72 Å². The normalized spacial score (nSPS) is 15.4. The number of sulfonamides is 1. The first-order chi connectivity index (χ1) is 8.09. The van der Waals surface area contributed by atoms with Crippen molar-refractivity contribution in [1.29, 1.82) is 0 Å². The predicted molar refractivity (Wildman–Crippen MR) is 59.3 cm³/mol. The summed E-state index contributed by atoms with van der Waals surface area (Å²) in [6.07, 6.45) is 7.78. The molecule has 0 aromatic carbocycles. The Hall–Kier alpha value is -1.76. The van der Waals surface area contributed by atoms with E-state index < -0.39 is 15.9 Å². The van der Waals surface area contributed by atoms with E-state index in [0.717, 1.165) is 19.0 Å². The summed E-state index contributed by atoms with van der Waals surface area (Å²) in [6.45, 7) is 0. The third kappa shape index (κ3) is 2.68. The summed E-state index contributed by atoms with van der Waals surface area (Å²) >= 11 is 0. The van der Waals surface area contributed by atoms with Crippen LogP contribution >= 0.6 is 0 Å². The maximum Gasteiger partial charge on any atom is 0.283 e. The average Bonchev–Trinajstić information content (AvgIpc) is 2.83. The Morgan fingerprint density at radius 3 is 2.76 bits per heavy atom. The van der Waals surface area contributed by atoms with Crippen molar-refractivity contribution >= 4 is 15.9 Å². The fourth-order valence-electron chi connectivity index (χ4n) is 1.54. The molecule has 0 atom stereocenters. The van der Waals surface area contributed by atoms with E-state index in [1.165, 1.54) is 12.4 Å². The van der Waals surface area contributed by atoms with Crippen LogP contribution in [0.25, 0.3) is 0 Å². The molecule has 1 heterocycles. The molecule has 0 saturated carbocycles. The number of nitrogens with zero attached hydrogens (tertiary/aromatic N) is 2. The zero-order valence-corrected chi connectivity index (χ0v) is 9.77. The Morgan fingerprint density at radius 2 is 2.18 bits per heavy atom. The zero-order chi connectivity index (χ0) is 12.3. The lowest BCUT2D eigenvalue weighted by Crippen LogP contribution is -2.32. The van der Waals surface area contributed by atoms with Gasteiger partial charge in [0.2, 0.25) is 0 Å². The minimum absolute atomic E-state index is 0.257. The molecule has 1 N–H and O–H groups in total. The van der Waals surface area contributed by atoms with E-state index in [0.29, 0.717) is 12.0 Å². The molecule has 1 aromatic rings. The van der Waals surface area contributed by atoms with Crippen LogP contribution in [0.3, 0.4) is 0 Å². The van der Waals surface area contributed by atoms with Crippen LogP contribution in [0, 0.1) is 0 Å². The molecule has 0 saturated heterocycles. The Labute approximate surface area is 98.8 Å². The zero-order valence-electron chi connectivity index (χ0n) is 8.96. The van der Waals surface area contributed by atoms with Crippen LogP contribution in [-0.4, -0.2) is 24.3 Å². The van der Waals surface area contributed by atoms with Gasteiger partial charge in [-0.25, -0.2) is 9.71 Å². The van der Waals surface area contributed by atoms with Gasteiger partial charge in [0.15, 0.2) is 5.03 Å². The maximum atomic E-state index is 11.7. The van der Waals surface area contributed by atoms with E-state index in [1.54, 1.807) is 6.08 Å². The molecule has 0 unspecified atom stereocenters. The molecular formula is C10H11N3O3S. The topological polar surface area (TPSA) is 89.0 Å². The van der Waals surface area contributed by atoms with Crippen LogP contribution in [-0.2, 0) is 14.8 Å². The van der Waals surface area contributed by atoms with Gasteiger partial charge in [0.25, 0.3) is 15.9 Å². The van der Waals surface area contributed by atoms with Gasteiger partial charge in [-0.3, -0.25) is 9.78 Å². The maximum absolute atomic E-state index is 11.7. The lowest BCUT2D eigenvalue weighted by atomic mass is 10.2. The minimum atomic E-state index is -3.91. The van der Waals surface area contributed by atoms with E-state index in [9.17, 15) is 13.2 Å². The van der Waals surface area contributed by atoms with Crippen LogP contribution in [0.1, 0.15) is 19.3 Å². The van der Waals surface area contributed by atoms with Gasteiger partial charge in [-0.15, -0.1) is 0 Å². The number of hydrogen-bond acceptors (Lipinski definition) is 5. The van der Waals surface area contributed by atoms with Crippen molar-refractivity contribution in [3.8, 4) is 0 Å². The molecule has 1 amide bonds. The van der Waals surface area contributed by atoms with Gasteiger partial charge in [0, 0.05) is 18.0 Å². The first kappa shape index (κ1) is 11.7. The molecule has 90 valence electrons. The van der Waals surface area contributed by atoms with Gasteiger partial charge < -0.3 is 0 Å². The van der Waals surface area contributed by atoms with Gasteiger partial charge >= 0.3 is 0 Å². The second-order valence-corrected chi connectivity index (χ2v) is 5.23. The van der Waals surface area contributed by atoms with E-state index >= 15 is 0 Å². The summed E-state index contributed by atoms with van der Waals surface area (Å²) in [7, 11) is -3.91. The number of aromatic nitrogens is 2. The van der Waals surface area contributed by atoms with Crippen molar-refractivity contribution in [2.24, 2.45) is 0 Å². The fraction of sp³-hybridized carbons (Fsp3) is 0.300. The Morgan fingerprint density at radius 1 is 1.35 bits per heavy atom. The lowest BCUT2D eigenvalue weighted by molar-refractivity contribution is -0.115. The summed E-state index contributed by atoms with van der Waals surface area (Å²) in [5.41, 5.74) is 0.512. The molecule has 1 aromatic heterocycles. The molecule has 0 bridgehead atoms. The molecule has 2 rings (SSSR count). The molecule has 0 aliphatic heterocycles. The molecule has 0 spiro atoms. The van der Waals surface area contributed by atoms with Gasteiger partial charge in [0.05, 0.1) is 6.20 Å². The highest BCUT2D eigenvalue weighted by Crippen LogP contribution is 2.18. The molecule has 0 radical (unpaired) electrons. The molecule has 1 aliphatic carbocycles. The predicted octanol–water partition coefficient (Wildman–Crippen LogP) is 0.392. The van der Waals surface area contributed by atoms with Gasteiger partial charge in [-0.1, -0.05) is 6.08 Å². The average molecular weight is 253 g/mol. The number of hydrogen-bond donors (Lipinski definition) is 1. The lowest BCUT2D eigenvalue weighted by Gasteiger charge is -2.05. The van der Waals surface area contributed by atoms with E-state index in [2.05, 4.69) is 9.97 Å². The SMILES string of the molecule is O=C(NS(=O)(=O)c1cnccn1)C1=CCCC1. The summed E-state index contributed by atoms with van der Waals surface area (Å²) < 4.78 is 25.5. The Balaban J connectivity index is 2.16. The number of carbonyl (C=O) groups is 1. The second kappa shape index (κ2) is 4.62. The molecular weight excluding hydrogens is 242 g/mol. The van der Waals surface area contributed by atoms with Gasteiger partial charge in [-0.05, 0) is 19.3 Å². The minimum Gasteiger partial charge on any atom is -0.269 e. The van der Waals surface area contributed by atoms with Crippen molar-refractivity contribution in [2.45, 2.75) is 24.3 Å². The first-order valence-corrected chi connectivity index (χ1v) is 6.60. The quantitative estimate of drug-likeness (QED) is 0.841. The van der Waals surface area contributed by atoms with Crippen molar-refractivity contribution in [3.63, 3.8) is 0 Å². The van der Waals surface area contributed by atoms with E-state index in [-0.39, 0.29) is 5.03 Å². The number of rotatable bonds is 3. The van der Waals surface area contributed by atoms with Gasteiger partial charge in [0.1, 0.15) is 0 Å². The Bertz CT molecular complexity index is 551. The number of allylic oxidation sites excluding steroid dienone is 1. The summed E-state index contributed by atoms with van der Waals surface area (Å²) in [5.74, 6) is -0.576. The summed E-state index contributed by atoms with van der Waals surface area (Å²) in [5, 5.41) is -0.257. The number of amides is 1. The first-order valence-electron chi connectivity index (χ1n) is 5.12. The Kier molecular flexibility index (Phi) is 3.19. The molecule has 1 aliphatic rings. The van der Waals surface area contributed by atoms with Crippen LogP contribution in [0.4, 0.5) is 0 Å². The highest BCUT2D eigenvalue weighted by molar-refractivity contribution is 7.90.